The summed E-state index contributed by atoms with van der Waals surface area (Å²) in [4.78, 5) is 0. The molecule has 0 aliphatic carbocycles. The lowest BCUT2D eigenvalue weighted by molar-refractivity contribution is 1.12. The summed E-state index contributed by atoms with van der Waals surface area (Å²) in [7, 11) is -2.81. The van der Waals surface area contributed by atoms with Crippen LogP contribution in [-0.2, 0) is 0 Å². The fourth-order valence-corrected chi connectivity index (χ4v) is 16.6. The number of rotatable bonds is 8. The van der Waals surface area contributed by atoms with Crippen LogP contribution in [0.25, 0.3) is 93.6 Å². The summed E-state index contributed by atoms with van der Waals surface area (Å²) in [5.74, 6) is 0. The predicted octanol–water partition coefficient (Wildman–Crippen LogP) is 14.0. The predicted molar refractivity (Wildman–Crippen MR) is 299 cm³/mol. The van der Waals surface area contributed by atoms with Crippen LogP contribution < -0.4 is 20.7 Å². The Morgan fingerprint density at radius 2 is 0.686 bits per heavy atom. The van der Waals surface area contributed by atoms with Gasteiger partial charge in [0, 0.05) is 43.7 Å². The SMILES string of the molecule is c1ccc(-c2cccc(-n3c4cc(-n5c6ccccc6c6ccccc65)ccc4c4cccc(-n5c6ccccc6c6cc([Si](c7ccccc7)(c7ccccc7)c7ccccc7)ccc65)c43)c2)cc1. The van der Waals surface area contributed by atoms with E-state index < -0.39 is 8.07 Å². The van der Waals surface area contributed by atoms with E-state index in [-0.39, 0.29) is 0 Å². The van der Waals surface area contributed by atoms with Gasteiger partial charge in [0.15, 0.2) is 8.07 Å². The number of para-hydroxylation sites is 4. The molecule has 0 unspecified atom stereocenters. The summed E-state index contributed by atoms with van der Waals surface area (Å²) in [6.45, 7) is 0. The Labute approximate surface area is 407 Å². The molecule has 0 radical (unpaired) electrons. The highest BCUT2D eigenvalue weighted by Gasteiger charge is 2.41. The Balaban J connectivity index is 1.07. The van der Waals surface area contributed by atoms with Gasteiger partial charge >= 0.3 is 0 Å². The van der Waals surface area contributed by atoms with E-state index in [2.05, 4.69) is 287 Å². The first-order chi connectivity index (χ1) is 34.8. The van der Waals surface area contributed by atoms with Crippen LogP contribution in [0.1, 0.15) is 0 Å². The van der Waals surface area contributed by atoms with Crippen molar-refractivity contribution in [2.75, 3.05) is 0 Å². The van der Waals surface area contributed by atoms with E-state index in [0.29, 0.717) is 0 Å². The van der Waals surface area contributed by atoms with Crippen molar-refractivity contribution >= 4 is 94.2 Å². The molecule has 0 aliphatic rings. The Hall–Kier alpha value is -8.96. The third-order valence-electron chi connectivity index (χ3n) is 14.8. The van der Waals surface area contributed by atoms with Crippen LogP contribution in [0, 0.1) is 0 Å². The van der Waals surface area contributed by atoms with Gasteiger partial charge in [0.05, 0.1) is 38.8 Å². The maximum absolute atomic E-state index is 2.81. The normalized spacial score (nSPS) is 12.0. The zero-order valence-corrected chi connectivity index (χ0v) is 39.3. The lowest BCUT2D eigenvalue weighted by Gasteiger charge is -2.34. The van der Waals surface area contributed by atoms with Gasteiger partial charge in [0.25, 0.3) is 0 Å². The minimum atomic E-state index is -2.81. The van der Waals surface area contributed by atoms with Gasteiger partial charge in [0.1, 0.15) is 0 Å². The summed E-state index contributed by atoms with van der Waals surface area (Å²) in [6, 6.07) is 101. The molecule has 3 aromatic heterocycles. The monoisotopic (exact) mass is 907 g/mol. The summed E-state index contributed by atoms with van der Waals surface area (Å²) in [5, 5.41) is 12.8. The Kier molecular flexibility index (Phi) is 9.23. The summed E-state index contributed by atoms with van der Waals surface area (Å²) in [6.07, 6.45) is 0. The third-order valence-corrected chi connectivity index (χ3v) is 19.5. The van der Waals surface area contributed by atoms with Crippen molar-refractivity contribution in [2.24, 2.45) is 0 Å². The number of benzene rings is 11. The topological polar surface area (TPSA) is 14.8 Å². The second-order valence-electron chi connectivity index (χ2n) is 18.4. The molecule has 0 saturated carbocycles. The van der Waals surface area contributed by atoms with Crippen LogP contribution >= 0.6 is 0 Å². The van der Waals surface area contributed by atoms with Gasteiger partial charge in [-0.15, -0.1) is 0 Å². The molecule has 0 bridgehead atoms. The van der Waals surface area contributed by atoms with E-state index in [1.165, 1.54) is 86.3 Å². The van der Waals surface area contributed by atoms with E-state index in [0.717, 1.165) is 28.1 Å². The van der Waals surface area contributed by atoms with Crippen LogP contribution in [0.2, 0.25) is 0 Å². The van der Waals surface area contributed by atoms with Crippen molar-refractivity contribution in [1.82, 2.24) is 13.7 Å². The first kappa shape index (κ1) is 40.1. The molecule has 0 aliphatic heterocycles. The number of hydrogen-bond donors (Lipinski definition) is 0. The van der Waals surface area contributed by atoms with Crippen molar-refractivity contribution in [1.29, 1.82) is 0 Å². The zero-order valence-electron chi connectivity index (χ0n) is 38.3. The largest absolute Gasteiger partial charge is 0.309 e. The van der Waals surface area contributed by atoms with E-state index in [4.69, 9.17) is 0 Å². The average molecular weight is 908 g/mol. The summed E-state index contributed by atoms with van der Waals surface area (Å²) in [5.41, 5.74) is 12.8. The summed E-state index contributed by atoms with van der Waals surface area (Å²) >= 11 is 0. The molecule has 0 N–H and O–H groups in total. The van der Waals surface area contributed by atoms with Crippen molar-refractivity contribution in [3.05, 3.63) is 273 Å². The maximum Gasteiger partial charge on any atom is 0.179 e. The number of fused-ring (bicyclic) bond motifs is 9. The molecule has 14 aromatic rings. The standard InChI is InChI=1S/C66H45N3Si/c1-5-21-46(22-6-1)47-23-19-24-48(43-47)68-65-44-49(67-60-35-16-13-31-54(60)55-32-14-17-36-61(55)67)39-41-57(65)58-34-20-38-64(66(58)68)69-62-37-18-15-33-56(62)59-45-53(40-42-63(59)69)70(50-25-7-2-8-26-50,51-27-9-3-10-28-51)52-29-11-4-12-30-52/h1-45H. The van der Waals surface area contributed by atoms with Crippen LogP contribution in [0.15, 0.2) is 273 Å². The lowest BCUT2D eigenvalue weighted by atomic mass is 10.1. The minimum absolute atomic E-state index is 1.11. The van der Waals surface area contributed by atoms with Crippen molar-refractivity contribution in [3.63, 3.8) is 0 Å². The van der Waals surface area contributed by atoms with Crippen LogP contribution in [0.3, 0.4) is 0 Å². The van der Waals surface area contributed by atoms with E-state index in [9.17, 15) is 0 Å². The van der Waals surface area contributed by atoms with E-state index >= 15 is 0 Å². The molecule has 0 atom stereocenters. The van der Waals surface area contributed by atoms with Gasteiger partial charge in [-0.3, -0.25) is 0 Å². The first-order valence-electron chi connectivity index (χ1n) is 24.2. The van der Waals surface area contributed by atoms with Crippen molar-refractivity contribution < 1.29 is 0 Å². The molecule has 3 nitrogen and oxygen atoms in total. The fourth-order valence-electron chi connectivity index (χ4n) is 11.8. The van der Waals surface area contributed by atoms with Crippen LogP contribution in [-0.4, -0.2) is 21.8 Å². The number of hydrogen-bond acceptors (Lipinski definition) is 0. The number of nitrogens with zero attached hydrogens (tertiary/aromatic N) is 3. The molecule has 70 heavy (non-hydrogen) atoms. The first-order valence-corrected chi connectivity index (χ1v) is 26.2. The van der Waals surface area contributed by atoms with Crippen LogP contribution in [0.4, 0.5) is 0 Å². The zero-order chi connectivity index (χ0) is 46.2. The molecular weight excluding hydrogens is 863 g/mol. The molecule has 0 amide bonds. The minimum Gasteiger partial charge on any atom is -0.309 e. The van der Waals surface area contributed by atoms with E-state index in [1.54, 1.807) is 0 Å². The molecule has 11 aromatic carbocycles. The molecule has 14 rings (SSSR count). The quantitative estimate of drug-likeness (QED) is 0.107. The lowest BCUT2D eigenvalue weighted by Crippen LogP contribution is -2.74. The van der Waals surface area contributed by atoms with Gasteiger partial charge in [-0.2, -0.15) is 0 Å². The van der Waals surface area contributed by atoms with Gasteiger partial charge in [-0.1, -0.05) is 218 Å². The van der Waals surface area contributed by atoms with Crippen molar-refractivity contribution in [2.45, 2.75) is 0 Å². The molecular formula is C66H45N3Si. The van der Waals surface area contributed by atoms with Gasteiger partial charge in [-0.05, 0) is 86.5 Å². The van der Waals surface area contributed by atoms with Gasteiger partial charge in [0.2, 0.25) is 0 Å². The molecule has 0 spiro atoms. The highest BCUT2D eigenvalue weighted by molar-refractivity contribution is 7.20. The smallest absolute Gasteiger partial charge is 0.179 e. The molecule has 328 valence electrons. The second kappa shape index (κ2) is 16.1. The Morgan fingerprint density at radius 3 is 1.30 bits per heavy atom. The highest BCUT2D eigenvalue weighted by atomic mass is 28.3. The molecule has 4 heteroatoms. The van der Waals surface area contributed by atoms with Gasteiger partial charge in [-0.25, -0.2) is 0 Å². The molecule has 3 heterocycles. The van der Waals surface area contributed by atoms with Gasteiger partial charge < -0.3 is 13.7 Å². The van der Waals surface area contributed by atoms with Crippen LogP contribution in [0.5, 0.6) is 0 Å². The molecule has 0 fully saturated rings. The Morgan fingerprint density at radius 1 is 0.229 bits per heavy atom. The molecule has 0 saturated heterocycles. The Bertz CT molecular complexity index is 4130. The number of aromatic nitrogens is 3. The van der Waals surface area contributed by atoms with E-state index in [1.807, 2.05) is 0 Å². The summed E-state index contributed by atoms with van der Waals surface area (Å²) < 4.78 is 7.48. The second-order valence-corrected chi connectivity index (χ2v) is 22.2. The average Bonchev–Trinajstić information content (AvgIpc) is 4.08. The fraction of sp³-hybridized carbons (Fsp3) is 0. The maximum atomic E-state index is 2.53. The third kappa shape index (κ3) is 6.00. The highest BCUT2D eigenvalue weighted by Crippen LogP contribution is 2.42. The van der Waals surface area contributed by atoms with Crippen molar-refractivity contribution in [3.8, 4) is 28.2 Å².